The van der Waals surface area contributed by atoms with Crippen molar-refractivity contribution in [2.45, 2.75) is 45.5 Å². The van der Waals surface area contributed by atoms with Crippen LogP contribution in [0, 0.1) is 12.8 Å². The molecule has 2 aromatic carbocycles. The fourth-order valence-corrected chi connectivity index (χ4v) is 5.50. The Morgan fingerprint density at radius 1 is 1.13 bits per heavy atom. The Hall–Kier alpha value is -4.14. The van der Waals surface area contributed by atoms with Crippen LogP contribution in [0.1, 0.15) is 57.2 Å². The Morgan fingerprint density at radius 2 is 1.89 bits per heavy atom. The summed E-state index contributed by atoms with van der Waals surface area (Å²) in [6.45, 7) is 3.78. The van der Waals surface area contributed by atoms with Gasteiger partial charge in [0, 0.05) is 41.5 Å². The largest absolute Gasteiger partial charge is 0.478 e. The number of nitrogens with zero attached hydrogens (tertiary/aromatic N) is 2. The van der Waals surface area contributed by atoms with Crippen molar-refractivity contribution in [3.05, 3.63) is 76.6 Å². The van der Waals surface area contributed by atoms with Crippen LogP contribution in [0.15, 0.2) is 48.8 Å². The van der Waals surface area contributed by atoms with E-state index in [1.54, 1.807) is 42.3 Å². The standard InChI is InChI=1S/C29H24F3N3O3/c1-14-7-17(5-6-21(14)28(37)38)23-12-34-26-22(23)9-19(11-33-26)18-8-20-13-35(15(2)16-3-4-16)27(36)25(20)24(10-18)29(30,31)32/h5-12,15-16H,3-4,13H2,1-2H3,(H,33,34)(H,37,38)/t15-/m0/s1. The van der Waals surface area contributed by atoms with Gasteiger partial charge in [-0.1, -0.05) is 12.1 Å². The maximum atomic E-state index is 14.2. The van der Waals surface area contributed by atoms with Gasteiger partial charge in [-0.2, -0.15) is 13.2 Å². The second-order valence-electron chi connectivity index (χ2n) is 10.2. The number of alkyl halides is 3. The number of hydrogen-bond donors (Lipinski definition) is 2. The third-order valence-corrected chi connectivity index (χ3v) is 7.77. The van der Waals surface area contributed by atoms with E-state index in [0.717, 1.165) is 30.0 Å². The molecule has 0 radical (unpaired) electrons. The van der Waals surface area contributed by atoms with E-state index >= 15 is 0 Å². The van der Waals surface area contributed by atoms with Crippen LogP contribution in [0.3, 0.4) is 0 Å². The summed E-state index contributed by atoms with van der Waals surface area (Å²) >= 11 is 0. The first-order chi connectivity index (χ1) is 18.0. The smallest absolute Gasteiger partial charge is 0.417 e. The molecule has 194 valence electrons. The van der Waals surface area contributed by atoms with Crippen LogP contribution in [0.5, 0.6) is 0 Å². The summed E-state index contributed by atoms with van der Waals surface area (Å²) in [4.78, 5) is 33.6. The van der Waals surface area contributed by atoms with Crippen LogP contribution in [-0.4, -0.2) is 37.9 Å². The lowest BCUT2D eigenvalue weighted by Gasteiger charge is -2.24. The van der Waals surface area contributed by atoms with Gasteiger partial charge in [-0.05, 0) is 79.1 Å². The van der Waals surface area contributed by atoms with Crippen LogP contribution < -0.4 is 0 Å². The first-order valence-electron chi connectivity index (χ1n) is 12.4. The molecule has 6 rings (SSSR count). The molecule has 9 heteroatoms. The molecule has 6 nitrogen and oxygen atoms in total. The molecule has 1 saturated carbocycles. The van der Waals surface area contributed by atoms with Crippen molar-refractivity contribution in [3.63, 3.8) is 0 Å². The minimum atomic E-state index is -4.69. The van der Waals surface area contributed by atoms with Gasteiger partial charge in [0.05, 0.1) is 16.7 Å². The Morgan fingerprint density at radius 3 is 2.55 bits per heavy atom. The number of aromatic carboxylic acids is 1. The number of rotatable bonds is 5. The van der Waals surface area contributed by atoms with Gasteiger partial charge in [-0.15, -0.1) is 0 Å². The Kier molecular flexibility index (Phi) is 5.38. The van der Waals surface area contributed by atoms with E-state index in [1.807, 2.05) is 6.92 Å². The second-order valence-corrected chi connectivity index (χ2v) is 10.2. The normalized spacial score (nSPS) is 16.2. The van der Waals surface area contributed by atoms with Gasteiger partial charge in [0.15, 0.2) is 0 Å². The summed E-state index contributed by atoms with van der Waals surface area (Å²) in [5.74, 6) is -1.23. The summed E-state index contributed by atoms with van der Waals surface area (Å²) in [5, 5.41) is 10.0. The Balaban J connectivity index is 1.45. The number of amides is 1. The molecule has 3 heterocycles. The maximum Gasteiger partial charge on any atom is 0.417 e. The van der Waals surface area contributed by atoms with E-state index in [2.05, 4.69) is 9.97 Å². The van der Waals surface area contributed by atoms with E-state index in [1.165, 1.54) is 12.3 Å². The van der Waals surface area contributed by atoms with Crippen molar-refractivity contribution in [3.8, 4) is 22.3 Å². The SMILES string of the molecule is Cc1cc(-c2c[nH]c3ncc(-c4cc5c(c(C(F)(F)F)c4)C(=O)N([C@@H](C)C4CC4)C5)cc23)ccc1C(=O)O. The number of carbonyl (C=O) groups is 2. The molecule has 0 bridgehead atoms. The molecule has 2 aromatic heterocycles. The number of H-pyrrole nitrogens is 1. The van der Waals surface area contributed by atoms with Gasteiger partial charge in [-0.25, -0.2) is 9.78 Å². The topological polar surface area (TPSA) is 86.3 Å². The van der Waals surface area contributed by atoms with Crippen molar-refractivity contribution in [2.75, 3.05) is 0 Å². The molecule has 1 amide bonds. The van der Waals surface area contributed by atoms with E-state index in [9.17, 15) is 27.9 Å². The van der Waals surface area contributed by atoms with Crippen molar-refractivity contribution >= 4 is 22.9 Å². The first kappa shape index (κ1) is 24.2. The number of benzene rings is 2. The average Bonchev–Trinajstić information content (AvgIpc) is 3.55. The van der Waals surface area contributed by atoms with Crippen LogP contribution >= 0.6 is 0 Å². The number of fused-ring (bicyclic) bond motifs is 2. The van der Waals surface area contributed by atoms with Crippen LogP contribution in [0.25, 0.3) is 33.3 Å². The monoisotopic (exact) mass is 519 g/mol. The summed E-state index contributed by atoms with van der Waals surface area (Å²) in [6, 6.07) is 9.38. The number of aromatic amines is 1. The molecule has 2 aliphatic rings. The highest BCUT2D eigenvalue weighted by atomic mass is 19.4. The number of hydrogen-bond acceptors (Lipinski definition) is 3. The number of pyridine rings is 1. The average molecular weight is 520 g/mol. The quantitative estimate of drug-likeness (QED) is 0.308. The summed E-state index contributed by atoms with van der Waals surface area (Å²) in [7, 11) is 0. The van der Waals surface area contributed by atoms with Gasteiger partial charge in [0.2, 0.25) is 0 Å². The highest BCUT2D eigenvalue weighted by molar-refractivity contribution is 6.02. The molecule has 1 aliphatic heterocycles. The van der Waals surface area contributed by atoms with Crippen LogP contribution in [-0.2, 0) is 12.7 Å². The Labute approximate surface area is 216 Å². The van der Waals surface area contributed by atoms with Crippen molar-refractivity contribution < 1.29 is 27.9 Å². The Bertz CT molecular complexity index is 1640. The second kappa shape index (κ2) is 8.44. The number of halogens is 3. The molecule has 0 saturated heterocycles. The molecular formula is C29H24F3N3O3. The van der Waals surface area contributed by atoms with E-state index in [-0.39, 0.29) is 23.7 Å². The molecule has 2 N–H and O–H groups in total. The zero-order valence-electron chi connectivity index (χ0n) is 20.7. The van der Waals surface area contributed by atoms with E-state index in [4.69, 9.17) is 0 Å². The molecule has 38 heavy (non-hydrogen) atoms. The van der Waals surface area contributed by atoms with Gasteiger partial charge in [0.25, 0.3) is 5.91 Å². The van der Waals surface area contributed by atoms with Gasteiger partial charge >= 0.3 is 12.1 Å². The molecule has 4 aromatic rings. The van der Waals surface area contributed by atoms with Crippen LogP contribution in [0.4, 0.5) is 13.2 Å². The summed E-state index contributed by atoms with van der Waals surface area (Å²) < 4.78 is 42.6. The predicted octanol–water partition coefficient (Wildman–Crippen LogP) is 6.68. The lowest BCUT2D eigenvalue weighted by atomic mass is 9.94. The summed E-state index contributed by atoms with van der Waals surface area (Å²) in [6.07, 6.45) is 0.555. The first-order valence-corrected chi connectivity index (χ1v) is 12.4. The molecule has 1 fully saturated rings. The zero-order chi connectivity index (χ0) is 26.9. The predicted molar refractivity (Wildman–Crippen MR) is 136 cm³/mol. The van der Waals surface area contributed by atoms with Crippen molar-refractivity contribution in [1.29, 1.82) is 0 Å². The number of carboxylic acid groups (broad SMARTS) is 1. The van der Waals surface area contributed by atoms with E-state index in [0.29, 0.717) is 39.2 Å². The van der Waals surface area contributed by atoms with Gasteiger partial charge < -0.3 is 15.0 Å². The maximum absolute atomic E-state index is 14.2. The number of carboxylic acids is 1. The fraction of sp³-hybridized carbons (Fsp3) is 0.276. The molecule has 1 aliphatic carbocycles. The fourth-order valence-electron chi connectivity index (χ4n) is 5.50. The van der Waals surface area contributed by atoms with Gasteiger partial charge in [-0.3, -0.25) is 4.79 Å². The lowest BCUT2D eigenvalue weighted by molar-refractivity contribution is -0.137. The highest BCUT2D eigenvalue weighted by Crippen LogP contribution is 2.44. The number of aryl methyl sites for hydroxylation is 1. The van der Waals surface area contributed by atoms with Crippen molar-refractivity contribution in [2.24, 2.45) is 5.92 Å². The zero-order valence-corrected chi connectivity index (χ0v) is 20.7. The minimum absolute atomic E-state index is 0.101. The molecule has 0 unspecified atom stereocenters. The third kappa shape index (κ3) is 3.93. The molecule has 1 atom stereocenters. The van der Waals surface area contributed by atoms with Gasteiger partial charge in [0.1, 0.15) is 5.65 Å². The van der Waals surface area contributed by atoms with Crippen LogP contribution in [0.2, 0.25) is 0 Å². The third-order valence-electron chi connectivity index (χ3n) is 7.77. The summed E-state index contributed by atoms with van der Waals surface area (Å²) in [5.41, 5.74) is 2.90. The number of aromatic nitrogens is 2. The number of carbonyl (C=O) groups excluding carboxylic acids is 1. The van der Waals surface area contributed by atoms with E-state index < -0.39 is 23.6 Å². The number of nitrogens with one attached hydrogen (secondary N) is 1. The lowest BCUT2D eigenvalue weighted by Crippen LogP contribution is -2.35. The highest BCUT2D eigenvalue weighted by Gasteiger charge is 2.44. The van der Waals surface area contributed by atoms with Crippen molar-refractivity contribution in [1.82, 2.24) is 14.9 Å². The minimum Gasteiger partial charge on any atom is -0.478 e. The molecule has 0 spiro atoms. The molecular weight excluding hydrogens is 495 g/mol.